The van der Waals surface area contributed by atoms with Crippen LogP contribution < -0.4 is 10.7 Å². The lowest BCUT2D eigenvalue weighted by molar-refractivity contribution is -0.116. The van der Waals surface area contributed by atoms with Crippen molar-refractivity contribution in [3.8, 4) is 0 Å². The van der Waals surface area contributed by atoms with Gasteiger partial charge in [0.15, 0.2) is 5.82 Å². The fourth-order valence-corrected chi connectivity index (χ4v) is 4.71. The number of carbonyl (C=O) groups is 1. The molecule has 0 bridgehead atoms. The van der Waals surface area contributed by atoms with Gasteiger partial charge >= 0.3 is 0 Å². The van der Waals surface area contributed by atoms with E-state index in [1.54, 1.807) is 0 Å². The topological polar surface area (TPSA) is 71.8 Å². The molecule has 0 fully saturated rings. The van der Waals surface area contributed by atoms with Crippen molar-refractivity contribution in [2.45, 2.75) is 57.0 Å². The molecule has 7 heteroatoms. The van der Waals surface area contributed by atoms with E-state index >= 15 is 0 Å². The van der Waals surface area contributed by atoms with Crippen LogP contribution in [-0.4, -0.2) is 26.0 Å². The molecule has 2 heterocycles. The SMILES string of the molecule is CCc1ccc([C@H]2Nn3c(CC)nnc3S[C@@H]2C(=O)Nc2cc(C)ccc2C)cc1. The number of carbonyl (C=O) groups excluding carboxylic acids is 1. The van der Waals surface area contributed by atoms with Crippen LogP contribution in [0.25, 0.3) is 0 Å². The number of anilines is 1. The van der Waals surface area contributed by atoms with Crippen LogP contribution in [0.2, 0.25) is 0 Å². The first-order valence-electron chi connectivity index (χ1n) is 10.3. The summed E-state index contributed by atoms with van der Waals surface area (Å²) in [5.74, 6) is 0.819. The molecule has 0 saturated carbocycles. The molecule has 0 aliphatic carbocycles. The summed E-state index contributed by atoms with van der Waals surface area (Å²) in [5.41, 5.74) is 8.86. The number of thioether (sulfide) groups is 1. The predicted molar refractivity (Wildman–Crippen MR) is 122 cm³/mol. The zero-order valence-electron chi connectivity index (χ0n) is 17.8. The molecule has 1 aromatic heterocycles. The van der Waals surface area contributed by atoms with Gasteiger partial charge in [-0.2, -0.15) is 0 Å². The molecule has 0 saturated heterocycles. The van der Waals surface area contributed by atoms with Crippen LogP contribution in [0.15, 0.2) is 47.6 Å². The number of hydrogen-bond acceptors (Lipinski definition) is 5. The van der Waals surface area contributed by atoms with Gasteiger partial charge in [0.1, 0.15) is 5.25 Å². The highest BCUT2D eigenvalue weighted by molar-refractivity contribution is 8.00. The minimum Gasteiger partial charge on any atom is -0.325 e. The summed E-state index contributed by atoms with van der Waals surface area (Å²) in [5, 5.41) is 12.0. The highest BCUT2D eigenvalue weighted by atomic mass is 32.2. The Morgan fingerprint density at radius 2 is 1.87 bits per heavy atom. The molecule has 4 rings (SSSR count). The van der Waals surface area contributed by atoms with E-state index < -0.39 is 0 Å². The molecule has 0 spiro atoms. The molecule has 2 N–H and O–H groups in total. The second kappa shape index (κ2) is 8.52. The summed E-state index contributed by atoms with van der Waals surface area (Å²) in [7, 11) is 0. The van der Waals surface area contributed by atoms with Gasteiger partial charge < -0.3 is 10.7 Å². The van der Waals surface area contributed by atoms with Gasteiger partial charge in [-0.15, -0.1) is 10.2 Å². The van der Waals surface area contributed by atoms with Gasteiger partial charge in [0.2, 0.25) is 11.1 Å². The number of nitrogens with zero attached hydrogens (tertiary/aromatic N) is 3. The lowest BCUT2D eigenvalue weighted by Crippen LogP contribution is -2.41. The summed E-state index contributed by atoms with van der Waals surface area (Å²) < 4.78 is 1.92. The van der Waals surface area contributed by atoms with Crippen LogP contribution in [-0.2, 0) is 17.6 Å². The maximum atomic E-state index is 13.4. The lowest BCUT2D eigenvalue weighted by atomic mass is 10.0. The highest BCUT2D eigenvalue weighted by Crippen LogP contribution is 2.38. The fourth-order valence-electron chi connectivity index (χ4n) is 3.61. The first-order chi connectivity index (χ1) is 14.5. The van der Waals surface area contributed by atoms with Crippen LogP contribution in [0.5, 0.6) is 0 Å². The molecule has 2 atom stereocenters. The van der Waals surface area contributed by atoms with Crippen molar-refractivity contribution < 1.29 is 4.79 Å². The van der Waals surface area contributed by atoms with Crippen molar-refractivity contribution in [1.82, 2.24) is 14.9 Å². The first kappa shape index (κ1) is 20.5. The van der Waals surface area contributed by atoms with Gasteiger partial charge in [0.05, 0.1) is 6.04 Å². The van der Waals surface area contributed by atoms with Crippen molar-refractivity contribution >= 4 is 23.4 Å². The first-order valence-corrected chi connectivity index (χ1v) is 11.2. The van der Waals surface area contributed by atoms with Gasteiger partial charge in [0.25, 0.3) is 0 Å². The maximum absolute atomic E-state index is 13.4. The van der Waals surface area contributed by atoms with E-state index in [1.165, 1.54) is 17.3 Å². The van der Waals surface area contributed by atoms with Crippen LogP contribution in [0.1, 0.15) is 48.0 Å². The molecule has 0 radical (unpaired) electrons. The number of benzene rings is 2. The Hall–Kier alpha value is -2.80. The Labute approximate surface area is 181 Å². The Balaban J connectivity index is 1.68. The summed E-state index contributed by atoms with van der Waals surface area (Å²) in [4.78, 5) is 13.4. The van der Waals surface area contributed by atoms with E-state index in [1.807, 2.05) is 37.6 Å². The van der Waals surface area contributed by atoms with Crippen molar-refractivity contribution in [2.24, 2.45) is 0 Å². The van der Waals surface area contributed by atoms with Crippen LogP contribution in [0.4, 0.5) is 5.69 Å². The summed E-state index contributed by atoms with van der Waals surface area (Å²) >= 11 is 1.46. The van der Waals surface area contributed by atoms with Crippen molar-refractivity contribution in [3.05, 3.63) is 70.5 Å². The minimum absolute atomic E-state index is 0.0435. The second-order valence-corrected chi connectivity index (χ2v) is 8.74. The van der Waals surface area contributed by atoms with E-state index in [9.17, 15) is 4.79 Å². The average Bonchev–Trinajstić information content (AvgIpc) is 3.17. The predicted octanol–water partition coefficient (Wildman–Crippen LogP) is 4.42. The molecule has 6 nitrogen and oxygen atoms in total. The van der Waals surface area contributed by atoms with Gasteiger partial charge in [-0.3, -0.25) is 4.79 Å². The molecule has 156 valence electrons. The minimum atomic E-state index is -0.376. The number of fused-ring (bicyclic) bond motifs is 1. The molecule has 1 amide bonds. The average molecular weight is 422 g/mol. The maximum Gasteiger partial charge on any atom is 0.240 e. The summed E-state index contributed by atoms with van der Waals surface area (Å²) in [6.45, 7) is 8.22. The number of aryl methyl sites for hydroxylation is 4. The van der Waals surface area contributed by atoms with Gasteiger partial charge in [-0.1, -0.05) is 62.0 Å². The van der Waals surface area contributed by atoms with E-state index in [-0.39, 0.29) is 17.2 Å². The third-order valence-electron chi connectivity index (χ3n) is 5.48. The molecule has 0 unspecified atom stereocenters. The Morgan fingerprint density at radius 1 is 1.10 bits per heavy atom. The van der Waals surface area contributed by atoms with Crippen molar-refractivity contribution in [2.75, 3.05) is 10.7 Å². The van der Waals surface area contributed by atoms with Crippen LogP contribution in [0.3, 0.4) is 0 Å². The molecular formula is C23H27N5OS. The number of aromatic nitrogens is 3. The number of amides is 1. The molecule has 30 heavy (non-hydrogen) atoms. The molecule has 3 aromatic rings. The monoisotopic (exact) mass is 421 g/mol. The quantitative estimate of drug-likeness (QED) is 0.638. The Morgan fingerprint density at radius 3 is 2.57 bits per heavy atom. The molecule has 1 aliphatic heterocycles. The third-order valence-corrected chi connectivity index (χ3v) is 6.69. The van der Waals surface area contributed by atoms with E-state index in [2.05, 4.69) is 58.2 Å². The smallest absolute Gasteiger partial charge is 0.240 e. The molecule has 1 aliphatic rings. The third kappa shape index (κ3) is 3.94. The lowest BCUT2D eigenvalue weighted by Gasteiger charge is -2.33. The van der Waals surface area contributed by atoms with Gasteiger partial charge in [0, 0.05) is 12.1 Å². The zero-order valence-corrected chi connectivity index (χ0v) is 18.6. The summed E-state index contributed by atoms with van der Waals surface area (Å²) in [6.07, 6.45) is 1.75. The highest BCUT2D eigenvalue weighted by Gasteiger charge is 2.37. The summed E-state index contributed by atoms with van der Waals surface area (Å²) in [6, 6.07) is 14.4. The van der Waals surface area contributed by atoms with Gasteiger partial charge in [-0.05, 0) is 48.6 Å². The van der Waals surface area contributed by atoms with E-state index in [0.717, 1.165) is 46.2 Å². The molecule has 2 aromatic carbocycles. The van der Waals surface area contributed by atoms with Crippen molar-refractivity contribution in [3.63, 3.8) is 0 Å². The molecular weight excluding hydrogens is 394 g/mol. The normalized spacial score (nSPS) is 17.9. The zero-order chi connectivity index (χ0) is 21.3. The second-order valence-electron chi connectivity index (χ2n) is 7.64. The standard InChI is InChI=1S/C23H27N5OS/c1-5-16-9-11-17(12-10-16)20-21(30-23-26-25-19(6-2)28(23)27-20)22(29)24-18-13-14(3)7-8-15(18)4/h7-13,20-21,27H,5-6H2,1-4H3,(H,24,29)/t20-,21+/m1/s1. The van der Waals surface area contributed by atoms with Crippen LogP contribution in [0, 0.1) is 13.8 Å². The fraction of sp³-hybridized carbons (Fsp3) is 0.348. The Bertz CT molecular complexity index is 1060. The number of hydrogen-bond donors (Lipinski definition) is 2. The van der Waals surface area contributed by atoms with E-state index in [0.29, 0.717) is 0 Å². The number of nitrogens with one attached hydrogen (secondary N) is 2. The van der Waals surface area contributed by atoms with E-state index in [4.69, 9.17) is 0 Å². The van der Waals surface area contributed by atoms with Crippen LogP contribution >= 0.6 is 11.8 Å². The Kier molecular flexibility index (Phi) is 5.81. The largest absolute Gasteiger partial charge is 0.325 e. The van der Waals surface area contributed by atoms with Crippen molar-refractivity contribution in [1.29, 1.82) is 0 Å². The van der Waals surface area contributed by atoms with Gasteiger partial charge in [-0.25, -0.2) is 4.68 Å². The number of rotatable bonds is 5.